The van der Waals surface area contributed by atoms with Crippen LogP contribution in [0.1, 0.15) is 0 Å². The van der Waals surface area contributed by atoms with Gasteiger partial charge in [0.2, 0.25) is 0 Å². The van der Waals surface area contributed by atoms with E-state index >= 15 is 0 Å². The standard InChI is InChI=1S/C66H46N2/c1-5-23-47(24-6-1)54-37-17-19-39-60(54)67(62-41-21-33-49-29-13-15-35-56(49)62)64-44-43-53-45-58(51-27-9-3-10-28-51)65(46-59(53)66(64)52-31-11-4-12-32-52)68(63-42-22-34-50-30-14-16-36-57(50)63)61-40-20-18-38-55(61)48-25-7-2-8-26-48/h1-46H. The molecular formula is C66H46N2. The predicted molar refractivity (Wildman–Crippen MR) is 290 cm³/mol. The second kappa shape index (κ2) is 17.8. The van der Waals surface area contributed by atoms with Crippen molar-refractivity contribution in [3.8, 4) is 44.5 Å². The SMILES string of the molecule is c1ccc(-c2ccccc2N(c2cc3c(-c4ccccc4)c(N(c4ccccc4-c4ccccc4)c4cccc5ccccc45)ccc3cc2-c2ccccc2)c2cccc3ccccc23)cc1. The van der Waals surface area contributed by atoms with Gasteiger partial charge in [0.05, 0.1) is 34.1 Å². The first-order valence-electron chi connectivity index (χ1n) is 23.3. The molecule has 0 saturated carbocycles. The Kier molecular flexibility index (Phi) is 10.6. The van der Waals surface area contributed by atoms with Gasteiger partial charge >= 0.3 is 0 Å². The van der Waals surface area contributed by atoms with Crippen molar-refractivity contribution in [3.63, 3.8) is 0 Å². The zero-order chi connectivity index (χ0) is 45.2. The number of rotatable bonds is 10. The summed E-state index contributed by atoms with van der Waals surface area (Å²) in [6.07, 6.45) is 0. The Bertz CT molecular complexity index is 3720. The Morgan fingerprint density at radius 3 is 1.09 bits per heavy atom. The summed E-state index contributed by atoms with van der Waals surface area (Å²) in [5.41, 5.74) is 15.8. The van der Waals surface area contributed by atoms with E-state index in [1.807, 2.05) is 0 Å². The van der Waals surface area contributed by atoms with Crippen LogP contribution in [0.5, 0.6) is 0 Å². The molecule has 0 unspecified atom stereocenters. The van der Waals surface area contributed by atoms with Gasteiger partial charge in [-0.05, 0) is 86.3 Å². The summed E-state index contributed by atoms with van der Waals surface area (Å²) < 4.78 is 0. The summed E-state index contributed by atoms with van der Waals surface area (Å²) in [7, 11) is 0. The molecule has 0 heterocycles. The Hall–Kier alpha value is -8.98. The van der Waals surface area contributed by atoms with E-state index in [4.69, 9.17) is 0 Å². The van der Waals surface area contributed by atoms with Gasteiger partial charge in [0.15, 0.2) is 0 Å². The molecule has 320 valence electrons. The Morgan fingerprint density at radius 2 is 0.574 bits per heavy atom. The summed E-state index contributed by atoms with van der Waals surface area (Å²) in [6.45, 7) is 0. The van der Waals surface area contributed by atoms with Gasteiger partial charge in [0.1, 0.15) is 0 Å². The van der Waals surface area contributed by atoms with Crippen LogP contribution >= 0.6 is 0 Å². The van der Waals surface area contributed by atoms with Crippen LogP contribution in [0.3, 0.4) is 0 Å². The molecule has 0 saturated heterocycles. The molecule has 12 rings (SSSR count). The minimum Gasteiger partial charge on any atom is -0.309 e. The van der Waals surface area contributed by atoms with Crippen molar-refractivity contribution in [1.29, 1.82) is 0 Å². The number of anilines is 6. The maximum atomic E-state index is 2.51. The van der Waals surface area contributed by atoms with Gasteiger partial charge in [-0.3, -0.25) is 0 Å². The van der Waals surface area contributed by atoms with E-state index in [1.165, 1.54) is 21.5 Å². The molecule has 68 heavy (non-hydrogen) atoms. The Balaban J connectivity index is 1.23. The molecule has 0 aliphatic heterocycles. The molecule has 0 radical (unpaired) electrons. The van der Waals surface area contributed by atoms with Crippen LogP contribution in [0.4, 0.5) is 34.1 Å². The van der Waals surface area contributed by atoms with Crippen LogP contribution in [0, 0.1) is 0 Å². The maximum Gasteiger partial charge on any atom is 0.0547 e. The largest absolute Gasteiger partial charge is 0.309 e. The highest BCUT2D eigenvalue weighted by Gasteiger charge is 2.27. The molecule has 0 atom stereocenters. The summed E-state index contributed by atoms with van der Waals surface area (Å²) in [6, 6.07) is 102. The molecule has 2 heteroatoms. The van der Waals surface area contributed by atoms with Crippen molar-refractivity contribution in [2.45, 2.75) is 0 Å². The lowest BCUT2D eigenvalue weighted by molar-refractivity contribution is 1.29. The van der Waals surface area contributed by atoms with Gasteiger partial charge in [0, 0.05) is 33.0 Å². The summed E-state index contributed by atoms with van der Waals surface area (Å²) in [4.78, 5) is 5.02. The van der Waals surface area contributed by atoms with Crippen molar-refractivity contribution in [1.82, 2.24) is 0 Å². The molecule has 0 aliphatic carbocycles. The summed E-state index contributed by atoms with van der Waals surface area (Å²) in [5.74, 6) is 0. The van der Waals surface area contributed by atoms with Crippen molar-refractivity contribution >= 4 is 66.4 Å². The smallest absolute Gasteiger partial charge is 0.0547 e. The van der Waals surface area contributed by atoms with Gasteiger partial charge in [-0.25, -0.2) is 0 Å². The first-order valence-corrected chi connectivity index (χ1v) is 23.3. The van der Waals surface area contributed by atoms with Gasteiger partial charge in [-0.1, -0.05) is 237 Å². The zero-order valence-corrected chi connectivity index (χ0v) is 37.5. The van der Waals surface area contributed by atoms with E-state index in [-0.39, 0.29) is 0 Å². The molecule has 0 aromatic heterocycles. The van der Waals surface area contributed by atoms with Gasteiger partial charge in [0.25, 0.3) is 0 Å². The van der Waals surface area contributed by atoms with Crippen molar-refractivity contribution < 1.29 is 0 Å². The van der Waals surface area contributed by atoms with E-state index in [0.717, 1.165) is 89.4 Å². The maximum absolute atomic E-state index is 2.51. The van der Waals surface area contributed by atoms with E-state index < -0.39 is 0 Å². The lowest BCUT2D eigenvalue weighted by atomic mass is 9.90. The van der Waals surface area contributed by atoms with Crippen LogP contribution in [0.25, 0.3) is 76.8 Å². The highest BCUT2D eigenvalue weighted by Crippen LogP contribution is 2.52. The van der Waals surface area contributed by atoms with E-state index in [2.05, 4.69) is 289 Å². The van der Waals surface area contributed by atoms with Crippen LogP contribution in [-0.4, -0.2) is 0 Å². The highest BCUT2D eigenvalue weighted by molar-refractivity contribution is 6.13. The molecule has 12 aromatic carbocycles. The lowest BCUT2D eigenvalue weighted by Crippen LogP contribution is -2.14. The fourth-order valence-corrected chi connectivity index (χ4v) is 10.1. The number of nitrogens with zero attached hydrogens (tertiary/aromatic N) is 2. The molecule has 0 amide bonds. The van der Waals surface area contributed by atoms with Gasteiger partial charge in [-0.15, -0.1) is 0 Å². The predicted octanol–water partition coefficient (Wildman–Crippen LogP) is 18.8. The molecule has 0 bridgehead atoms. The summed E-state index contributed by atoms with van der Waals surface area (Å²) in [5, 5.41) is 7.02. The number of fused-ring (bicyclic) bond motifs is 3. The van der Waals surface area contributed by atoms with Crippen molar-refractivity contribution in [2.75, 3.05) is 9.80 Å². The topological polar surface area (TPSA) is 6.48 Å². The van der Waals surface area contributed by atoms with Crippen LogP contribution < -0.4 is 9.80 Å². The number of hydrogen-bond acceptors (Lipinski definition) is 2. The third kappa shape index (κ3) is 7.35. The number of benzene rings is 12. The van der Waals surface area contributed by atoms with Crippen molar-refractivity contribution in [3.05, 3.63) is 279 Å². The molecular weight excluding hydrogens is 821 g/mol. The average Bonchev–Trinajstić information content (AvgIpc) is 3.42. The zero-order valence-electron chi connectivity index (χ0n) is 37.5. The van der Waals surface area contributed by atoms with E-state index in [9.17, 15) is 0 Å². The van der Waals surface area contributed by atoms with Crippen molar-refractivity contribution in [2.24, 2.45) is 0 Å². The van der Waals surface area contributed by atoms with Crippen LogP contribution in [-0.2, 0) is 0 Å². The molecule has 12 aromatic rings. The Morgan fingerprint density at radius 1 is 0.191 bits per heavy atom. The average molecular weight is 867 g/mol. The van der Waals surface area contributed by atoms with Gasteiger partial charge in [-0.2, -0.15) is 0 Å². The van der Waals surface area contributed by atoms with Crippen LogP contribution in [0.2, 0.25) is 0 Å². The molecule has 0 N–H and O–H groups in total. The first kappa shape index (κ1) is 40.5. The minimum atomic E-state index is 1.08. The third-order valence-electron chi connectivity index (χ3n) is 13.2. The summed E-state index contributed by atoms with van der Waals surface area (Å²) >= 11 is 0. The fourth-order valence-electron chi connectivity index (χ4n) is 10.1. The molecule has 0 fully saturated rings. The molecule has 0 aliphatic rings. The van der Waals surface area contributed by atoms with Gasteiger partial charge < -0.3 is 9.80 Å². The minimum absolute atomic E-state index is 1.08. The van der Waals surface area contributed by atoms with Crippen LogP contribution in [0.15, 0.2) is 279 Å². The molecule has 0 spiro atoms. The fraction of sp³-hybridized carbons (Fsp3) is 0. The quantitative estimate of drug-likeness (QED) is 0.135. The monoisotopic (exact) mass is 866 g/mol. The highest BCUT2D eigenvalue weighted by atomic mass is 15.2. The lowest BCUT2D eigenvalue weighted by Gasteiger charge is -2.33. The molecule has 2 nitrogen and oxygen atoms in total. The van der Waals surface area contributed by atoms with E-state index in [0.29, 0.717) is 0 Å². The number of hydrogen-bond donors (Lipinski definition) is 0. The normalized spacial score (nSPS) is 11.2. The van der Waals surface area contributed by atoms with E-state index in [1.54, 1.807) is 0 Å². The Labute approximate surface area is 397 Å². The second-order valence-electron chi connectivity index (χ2n) is 17.2. The first-order chi connectivity index (χ1) is 33.8. The third-order valence-corrected chi connectivity index (χ3v) is 13.2. The second-order valence-corrected chi connectivity index (χ2v) is 17.2. The number of para-hydroxylation sites is 2.